The van der Waals surface area contributed by atoms with E-state index in [-0.39, 0.29) is 0 Å². The molecule has 0 spiro atoms. The Kier molecular flexibility index (Phi) is 4.77. The van der Waals surface area contributed by atoms with Crippen LogP contribution in [0.25, 0.3) is 6.08 Å². The molecule has 3 heteroatoms. The summed E-state index contributed by atoms with van der Waals surface area (Å²) in [6, 6.07) is 13.6. The Hall–Kier alpha value is -2.55. The number of carboxylic acid groups (broad SMARTS) is 1. The van der Waals surface area contributed by atoms with Crippen molar-refractivity contribution in [3.63, 3.8) is 0 Å². The molecule has 21 heavy (non-hydrogen) atoms. The van der Waals surface area contributed by atoms with Crippen LogP contribution in [0.5, 0.6) is 5.75 Å². The molecule has 0 saturated carbocycles. The summed E-state index contributed by atoms with van der Waals surface area (Å²) in [6.07, 6.45) is 2.67. The van der Waals surface area contributed by atoms with Crippen LogP contribution in [0.2, 0.25) is 0 Å². The molecule has 0 bridgehead atoms. The number of carboxylic acids is 1. The average molecular weight is 282 g/mol. The molecule has 0 aliphatic heterocycles. The van der Waals surface area contributed by atoms with E-state index in [1.54, 1.807) is 6.08 Å². The molecule has 0 unspecified atom stereocenters. The van der Waals surface area contributed by atoms with E-state index in [1.165, 1.54) is 16.7 Å². The molecule has 0 fully saturated rings. The highest BCUT2D eigenvalue weighted by Gasteiger charge is 2.00. The van der Waals surface area contributed by atoms with E-state index in [4.69, 9.17) is 9.84 Å². The zero-order valence-electron chi connectivity index (χ0n) is 12.2. The van der Waals surface area contributed by atoms with Crippen LogP contribution >= 0.6 is 0 Å². The normalized spacial score (nSPS) is 10.8. The minimum absolute atomic E-state index is 0.526. The van der Waals surface area contributed by atoms with Crippen LogP contribution in [0.3, 0.4) is 0 Å². The summed E-state index contributed by atoms with van der Waals surface area (Å²) in [6.45, 7) is 4.66. The molecule has 0 radical (unpaired) electrons. The van der Waals surface area contributed by atoms with Gasteiger partial charge in [-0.25, -0.2) is 4.79 Å². The fourth-order valence-corrected chi connectivity index (χ4v) is 1.96. The molecule has 0 heterocycles. The van der Waals surface area contributed by atoms with Gasteiger partial charge in [-0.1, -0.05) is 35.9 Å². The molecule has 2 aromatic rings. The first-order valence-electron chi connectivity index (χ1n) is 6.74. The molecule has 0 aromatic heterocycles. The first-order valence-corrected chi connectivity index (χ1v) is 6.74. The van der Waals surface area contributed by atoms with E-state index in [9.17, 15) is 4.79 Å². The highest BCUT2D eigenvalue weighted by molar-refractivity contribution is 5.85. The standard InChI is InChI=1S/C18H18O3/c1-13-3-4-14(2)16(11-13)12-21-17-8-5-15(6-9-17)7-10-18(19)20/h3-11H,12H2,1-2H3,(H,19,20). The van der Waals surface area contributed by atoms with Crippen LogP contribution in [0.4, 0.5) is 0 Å². The average Bonchev–Trinajstić information content (AvgIpc) is 2.47. The van der Waals surface area contributed by atoms with Gasteiger partial charge < -0.3 is 9.84 Å². The molecule has 108 valence electrons. The van der Waals surface area contributed by atoms with E-state index in [2.05, 4.69) is 32.0 Å². The molecule has 0 aliphatic carbocycles. The van der Waals surface area contributed by atoms with Gasteiger partial charge in [-0.3, -0.25) is 0 Å². The Morgan fingerprint density at radius 1 is 1.14 bits per heavy atom. The zero-order chi connectivity index (χ0) is 15.2. The van der Waals surface area contributed by atoms with Crippen LogP contribution in [0.15, 0.2) is 48.5 Å². The van der Waals surface area contributed by atoms with Crippen molar-refractivity contribution < 1.29 is 14.6 Å². The zero-order valence-corrected chi connectivity index (χ0v) is 12.2. The van der Waals surface area contributed by atoms with Gasteiger partial charge in [0.25, 0.3) is 0 Å². The quantitative estimate of drug-likeness (QED) is 0.844. The predicted molar refractivity (Wildman–Crippen MR) is 83.4 cm³/mol. The summed E-state index contributed by atoms with van der Waals surface area (Å²) in [7, 11) is 0. The van der Waals surface area contributed by atoms with Gasteiger partial charge in [-0.15, -0.1) is 0 Å². The number of ether oxygens (including phenoxy) is 1. The van der Waals surface area contributed by atoms with Crippen LogP contribution in [-0.4, -0.2) is 11.1 Å². The number of rotatable bonds is 5. The lowest BCUT2D eigenvalue weighted by atomic mass is 10.1. The van der Waals surface area contributed by atoms with Gasteiger partial charge >= 0.3 is 5.97 Å². The molecule has 1 N–H and O–H groups in total. The summed E-state index contributed by atoms with van der Waals surface area (Å²) in [5, 5.41) is 8.58. The van der Waals surface area contributed by atoms with Crippen LogP contribution < -0.4 is 4.74 Å². The Bertz CT molecular complexity index is 655. The molecular weight excluding hydrogens is 264 g/mol. The van der Waals surface area contributed by atoms with Crippen molar-refractivity contribution in [3.05, 3.63) is 70.8 Å². The van der Waals surface area contributed by atoms with Crippen LogP contribution in [-0.2, 0) is 11.4 Å². The summed E-state index contributed by atoms with van der Waals surface area (Å²) in [4.78, 5) is 10.4. The van der Waals surface area contributed by atoms with Gasteiger partial charge in [0.05, 0.1) is 0 Å². The Labute approximate surface area is 124 Å². The number of benzene rings is 2. The van der Waals surface area contributed by atoms with Crippen molar-refractivity contribution in [2.24, 2.45) is 0 Å². The minimum atomic E-state index is -0.953. The van der Waals surface area contributed by atoms with E-state index in [0.29, 0.717) is 6.61 Å². The molecule has 0 atom stereocenters. The third kappa shape index (κ3) is 4.49. The maximum Gasteiger partial charge on any atom is 0.328 e. The number of hydrogen-bond donors (Lipinski definition) is 1. The molecular formula is C18H18O3. The molecule has 0 aliphatic rings. The predicted octanol–water partition coefficient (Wildman–Crippen LogP) is 3.98. The Balaban J connectivity index is 2.00. The van der Waals surface area contributed by atoms with Crippen molar-refractivity contribution in [3.8, 4) is 5.75 Å². The van der Waals surface area contributed by atoms with Crippen molar-refractivity contribution in [1.82, 2.24) is 0 Å². The molecule has 2 aromatic carbocycles. The fourth-order valence-electron chi connectivity index (χ4n) is 1.96. The lowest BCUT2D eigenvalue weighted by Gasteiger charge is -2.09. The van der Waals surface area contributed by atoms with Crippen molar-refractivity contribution in [2.45, 2.75) is 20.5 Å². The van der Waals surface area contributed by atoms with Gasteiger partial charge in [0.2, 0.25) is 0 Å². The SMILES string of the molecule is Cc1ccc(C)c(COc2ccc(C=CC(=O)O)cc2)c1. The van der Waals surface area contributed by atoms with Gasteiger partial charge in [0.15, 0.2) is 0 Å². The van der Waals surface area contributed by atoms with Gasteiger partial charge in [-0.05, 0) is 48.7 Å². The summed E-state index contributed by atoms with van der Waals surface area (Å²) in [5.74, 6) is -0.186. The smallest absolute Gasteiger partial charge is 0.328 e. The van der Waals surface area contributed by atoms with Crippen LogP contribution in [0.1, 0.15) is 22.3 Å². The van der Waals surface area contributed by atoms with E-state index >= 15 is 0 Å². The minimum Gasteiger partial charge on any atom is -0.489 e. The topological polar surface area (TPSA) is 46.5 Å². The summed E-state index contributed by atoms with van der Waals surface area (Å²) >= 11 is 0. The second-order valence-electron chi connectivity index (χ2n) is 4.96. The maximum absolute atomic E-state index is 10.4. The monoisotopic (exact) mass is 282 g/mol. The van der Waals surface area contributed by atoms with E-state index in [0.717, 1.165) is 17.4 Å². The van der Waals surface area contributed by atoms with Crippen molar-refractivity contribution in [2.75, 3.05) is 0 Å². The van der Waals surface area contributed by atoms with Crippen molar-refractivity contribution in [1.29, 1.82) is 0 Å². The number of carbonyl (C=O) groups is 1. The molecule has 2 rings (SSSR count). The lowest BCUT2D eigenvalue weighted by Crippen LogP contribution is -1.98. The van der Waals surface area contributed by atoms with Gasteiger partial charge in [0, 0.05) is 6.08 Å². The molecule has 3 nitrogen and oxygen atoms in total. The highest BCUT2D eigenvalue weighted by atomic mass is 16.5. The maximum atomic E-state index is 10.4. The Morgan fingerprint density at radius 2 is 1.86 bits per heavy atom. The highest BCUT2D eigenvalue weighted by Crippen LogP contribution is 2.17. The van der Waals surface area contributed by atoms with Gasteiger partial charge in [0.1, 0.15) is 12.4 Å². The van der Waals surface area contributed by atoms with Crippen molar-refractivity contribution >= 4 is 12.0 Å². The third-order valence-electron chi connectivity index (χ3n) is 3.20. The van der Waals surface area contributed by atoms with Crippen LogP contribution in [0, 0.1) is 13.8 Å². The lowest BCUT2D eigenvalue weighted by molar-refractivity contribution is -0.131. The number of hydrogen-bond acceptors (Lipinski definition) is 2. The molecule has 0 amide bonds. The first kappa shape index (κ1) is 14.9. The number of aliphatic carboxylic acids is 1. The third-order valence-corrected chi connectivity index (χ3v) is 3.20. The fraction of sp³-hybridized carbons (Fsp3) is 0.167. The largest absolute Gasteiger partial charge is 0.489 e. The second kappa shape index (κ2) is 6.75. The molecule has 0 saturated heterocycles. The van der Waals surface area contributed by atoms with E-state index < -0.39 is 5.97 Å². The van der Waals surface area contributed by atoms with E-state index in [1.807, 2.05) is 24.3 Å². The summed E-state index contributed by atoms with van der Waals surface area (Å²) in [5.41, 5.74) is 4.43. The first-order chi connectivity index (χ1) is 10.0. The Morgan fingerprint density at radius 3 is 2.52 bits per heavy atom. The summed E-state index contributed by atoms with van der Waals surface area (Å²) < 4.78 is 5.77. The van der Waals surface area contributed by atoms with Gasteiger partial charge in [-0.2, -0.15) is 0 Å². The second-order valence-corrected chi connectivity index (χ2v) is 4.96. The number of aryl methyl sites for hydroxylation is 2.